The molecule has 2 nitrogen and oxygen atoms in total. The zero-order valence-electron chi connectivity index (χ0n) is 15.6. The summed E-state index contributed by atoms with van der Waals surface area (Å²) < 4.78 is 0. The third kappa shape index (κ3) is 4.93. The Balaban J connectivity index is 1.64. The molecule has 0 spiro atoms. The minimum Gasteiger partial charge on any atom is -0.378 e. The standard InChI is InChI=1S/C24H24N2/c1-19-4-6-20(7-5-19)8-9-21-10-14-23(15-11-21)25-18-22-12-16-24(17-13-22)26(2)3/h4-18H,1-3H3/b9-8+,25-18?. The van der Waals surface area contributed by atoms with Crippen molar-refractivity contribution in [2.75, 3.05) is 19.0 Å². The summed E-state index contributed by atoms with van der Waals surface area (Å²) in [5.74, 6) is 0. The lowest BCUT2D eigenvalue weighted by Gasteiger charge is -2.11. The van der Waals surface area contributed by atoms with Gasteiger partial charge in [-0.2, -0.15) is 0 Å². The van der Waals surface area contributed by atoms with Crippen molar-refractivity contribution in [1.29, 1.82) is 0 Å². The molecule has 0 bridgehead atoms. The molecule has 0 aliphatic heterocycles. The molecule has 0 fully saturated rings. The van der Waals surface area contributed by atoms with Crippen LogP contribution in [0.15, 0.2) is 77.8 Å². The number of hydrogen-bond donors (Lipinski definition) is 0. The van der Waals surface area contributed by atoms with Gasteiger partial charge in [0.05, 0.1) is 5.69 Å². The van der Waals surface area contributed by atoms with Crippen molar-refractivity contribution in [3.63, 3.8) is 0 Å². The fourth-order valence-corrected chi connectivity index (χ4v) is 2.55. The van der Waals surface area contributed by atoms with E-state index in [1.54, 1.807) is 0 Å². The van der Waals surface area contributed by atoms with Crippen molar-refractivity contribution in [1.82, 2.24) is 0 Å². The van der Waals surface area contributed by atoms with Crippen LogP contribution in [0.5, 0.6) is 0 Å². The normalized spacial score (nSPS) is 11.3. The van der Waals surface area contributed by atoms with Gasteiger partial charge in [0.1, 0.15) is 0 Å². The summed E-state index contributed by atoms with van der Waals surface area (Å²) in [6, 6.07) is 25.1. The van der Waals surface area contributed by atoms with Gasteiger partial charge in [0, 0.05) is 26.0 Å². The Bertz CT molecular complexity index is 884. The molecule has 130 valence electrons. The molecule has 0 heterocycles. The molecule has 0 N–H and O–H groups in total. The Labute approximate surface area is 156 Å². The van der Waals surface area contributed by atoms with Gasteiger partial charge in [-0.25, -0.2) is 0 Å². The van der Waals surface area contributed by atoms with Gasteiger partial charge in [-0.05, 0) is 47.9 Å². The van der Waals surface area contributed by atoms with Gasteiger partial charge < -0.3 is 4.90 Å². The van der Waals surface area contributed by atoms with E-state index in [0.717, 1.165) is 11.3 Å². The highest BCUT2D eigenvalue weighted by molar-refractivity contribution is 5.82. The molecule has 0 aliphatic rings. The number of benzene rings is 3. The van der Waals surface area contributed by atoms with Crippen LogP contribution in [0.3, 0.4) is 0 Å². The average molecular weight is 340 g/mol. The lowest BCUT2D eigenvalue weighted by Crippen LogP contribution is -2.08. The van der Waals surface area contributed by atoms with Gasteiger partial charge in [0.2, 0.25) is 0 Å². The SMILES string of the molecule is Cc1ccc(/C=C/c2ccc(N=Cc3ccc(N(C)C)cc3)cc2)cc1. The van der Waals surface area contributed by atoms with E-state index in [9.17, 15) is 0 Å². The Hall–Kier alpha value is -3.13. The van der Waals surface area contributed by atoms with E-state index < -0.39 is 0 Å². The van der Waals surface area contributed by atoms with Crippen molar-refractivity contribution in [2.45, 2.75) is 6.92 Å². The Morgan fingerprint density at radius 1 is 0.654 bits per heavy atom. The minimum absolute atomic E-state index is 0.953. The van der Waals surface area contributed by atoms with Gasteiger partial charge in [0.15, 0.2) is 0 Å². The molecule has 3 rings (SSSR count). The number of aliphatic imine (C=N–C) groups is 1. The fourth-order valence-electron chi connectivity index (χ4n) is 2.55. The number of aryl methyl sites for hydroxylation is 1. The van der Waals surface area contributed by atoms with Crippen LogP contribution >= 0.6 is 0 Å². The topological polar surface area (TPSA) is 15.6 Å². The monoisotopic (exact) mass is 340 g/mol. The third-order valence-electron chi connectivity index (χ3n) is 4.21. The molecule has 0 saturated carbocycles. The predicted octanol–water partition coefficient (Wildman–Crippen LogP) is 5.98. The van der Waals surface area contributed by atoms with E-state index >= 15 is 0 Å². The molecule has 0 amide bonds. The second-order valence-electron chi connectivity index (χ2n) is 6.58. The summed E-state index contributed by atoms with van der Waals surface area (Å²) in [6.07, 6.45) is 6.15. The van der Waals surface area contributed by atoms with Gasteiger partial charge in [0.25, 0.3) is 0 Å². The van der Waals surface area contributed by atoms with Crippen molar-refractivity contribution in [2.24, 2.45) is 4.99 Å². The van der Waals surface area contributed by atoms with Gasteiger partial charge in [-0.15, -0.1) is 0 Å². The summed E-state index contributed by atoms with van der Waals surface area (Å²) in [7, 11) is 4.08. The van der Waals surface area contributed by atoms with E-state index in [2.05, 4.69) is 89.6 Å². The summed E-state index contributed by atoms with van der Waals surface area (Å²) in [5, 5.41) is 0. The first-order chi connectivity index (χ1) is 12.6. The largest absolute Gasteiger partial charge is 0.378 e. The number of hydrogen-bond acceptors (Lipinski definition) is 2. The molecule has 0 aromatic heterocycles. The molecule has 0 aliphatic carbocycles. The quantitative estimate of drug-likeness (QED) is 0.412. The van der Waals surface area contributed by atoms with Crippen LogP contribution in [0.4, 0.5) is 11.4 Å². The molecular formula is C24H24N2. The van der Waals surface area contributed by atoms with Crippen molar-refractivity contribution < 1.29 is 0 Å². The maximum Gasteiger partial charge on any atom is 0.0630 e. The minimum atomic E-state index is 0.953. The van der Waals surface area contributed by atoms with Crippen molar-refractivity contribution in [3.8, 4) is 0 Å². The van der Waals surface area contributed by atoms with Crippen molar-refractivity contribution in [3.05, 3.63) is 95.1 Å². The molecular weight excluding hydrogens is 316 g/mol. The summed E-state index contributed by atoms with van der Waals surface area (Å²) in [5.41, 5.74) is 6.89. The van der Waals surface area contributed by atoms with E-state index in [1.165, 1.54) is 22.4 Å². The highest BCUT2D eigenvalue weighted by Crippen LogP contribution is 2.16. The molecule has 0 saturated heterocycles. The van der Waals surface area contributed by atoms with Crippen LogP contribution in [-0.4, -0.2) is 20.3 Å². The molecule has 0 unspecified atom stereocenters. The van der Waals surface area contributed by atoms with E-state index in [-0.39, 0.29) is 0 Å². The molecule has 0 atom stereocenters. The van der Waals surface area contributed by atoms with Gasteiger partial charge in [-0.3, -0.25) is 4.99 Å². The average Bonchev–Trinajstić information content (AvgIpc) is 2.67. The second kappa shape index (κ2) is 8.30. The van der Waals surface area contributed by atoms with Crippen molar-refractivity contribution >= 4 is 29.7 Å². The molecule has 2 heteroatoms. The smallest absolute Gasteiger partial charge is 0.0630 e. The van der Waals surface area contributed by atoms with Crippen LogP contribution in [0.2, 0.25) is 0 Å². The van der Waals surface area contributed by atoms with Crippen LogP contribution in [0, 0.1) is 6.92 Å². The Morgan fingerprint density at radius 2 is 1.15 bits per heavy atom. The maximum atomic E-state index is 4.56. The Kier molecular flexibility index (Phi) is 5.65. The first kappa shape index (κ1) is 17.7. The van der Waals surface area contributed by atoms with E-state index in [1.807, 2.05) is 32.4 Å². The Morgan fingerprint density at radius 3 is 1.69 bits per heavy atom. The summed E-state index contributed by atoms with van der Waals surface area (Å²) >= 11 is 0. The van der Waals surface area contributed by atoms with E-state index in [4.69, 9.17) is 0 Å². The van der Waals surface area contributed by atoms with Crippen LogP contribution < -0.4 is 4.90 Å². The molecule has 3 aromatic carbocycles. The van der Waals surface area contributed by atoms with Crippen LogP contribution in [0.25, 0.3) is 12.2 Å². The summed E-state index contributed by atoms with van der Waals surface area (Å²) in [6.45, 7) is 2.10. The van der Waals surface area contributed by atoms with E-state index in [0.29, 0.717) is 0 Å². The first-order valence-electron chi connectivity index (χ1n) is 8.76. The zero-order valence-corrected chi connectivity index (χ0v) is 15.6. The third-order valence-corrected chi connectivity index (χ3v) is 4.21. The van der Waals surface area contributed by atoms with Crippen LogP contribution in [0.1, 0.15) is 22.3 Å². The van der Waals surface area contributed by atoms with Gasteiger partial charge >= 0.3 is 0 Å². The molecule has 0 radical (unpaired) electrons. The van der Waals surface area contributed by atoms with Gasteiger partial charge in [-0.1, -0.05) is 66.2 Å². The first-order valence-corrected chi connectivity index (χ1v) is 8.76. The predicted molar refractivity (Wildman–Crippen MR) is 115 cm³/mol. The maximum absolute atomic E-state index is 4.56. The highest BCUT2D eigenvalue weighted by atomic mass is 15.1. The number of anilines is 1. The lowest BCUT2D eigenvalue weighted by atomic mass is 10.1. The lowest BCUT2D eigenvalue weighted by molar-refractivity contribution is 1.13. The fraction of sp³-hybridized carbons (Fsp3) is 0.125. The highest BCUT2D eigenvalue weighted by Gasteiger charge is 1.95. The molecule has 26 heavy (non-hydrogen) atoms. The number of nitrogens with zero attached hydrogens (tertiary/aromatic N) is 2. The zero-order chi connectivity index (χ0) is 18.4. The molecule has 3 aromatic rings. The number of rotatable bonds is 5. The second-order valence-corrected chi connectivity index (χ2v) is 6.58. The summed E-state index contributed by atoms with van der Waals surface area (Å²) in [4.78, 5) is 6.64. The van der Waals surface area contributed by atoms with Crippen LogP contribution in [-0.2, 0) is 0 Å².